The van der Waals surface area contributed by atoms with E-state index in [1.54, 1.807) is 0 Å². The minimum atomic E-state index is 0.486. The maximum absolute atomic E-state index is 5.57. The van der Waals surface area contributed by atoms with Gasteiger partial charge in [0.2, 0.25) is 0 Å². The van der Waals surface area contributed by atoms with Crippen molar-refractivity contribution in [2.45, 2.75) is 24.9 Å². The molecule has 0 amide bonds. The van der Waals surface area contributed by atoms with Crippen LogP contribution in [-0.2, 0) is 0 Å². The Morgan fingerprint density at radius 3 is 1.88 bits per heavy atom. The molecule has 1 heteroatoms. The van der Waals surface area contributed by atoms with E-state index in [1.807, 2.05) is 12.1 Å². The molecule has 1 fully saturated rings. The summed E-state index contributed by atoms with van der Waals surface area (Å²) in [5, 5.41) is 0. The first kappa shape index (κ1) is 9.52. The third-order valence-corrected chi connectivity index (χ3v) is 3.96. The standard InChI is InChI=1S/C15H13N/c1-4-10-6-7-11(5-2)15-13-9-8-12(14(10)15)16(13)3/h1-2,6-7,12-13H,8-9H2,3H3. The second kappa shape index (κ2) is 3.14. The third kappa shape index (κ3) is 0.967. The molecule has 0 aromatic heterocycles. The summed E-state index contributed by atoms with van der Waals surface area (Å²) >= 11 is 0. The monoisotopic (exact) mass is 207 g/mol. The predicted molar refractivity (Wildman–Crippen MR) is 64.8 cm³/mol. The lowest BCUT2D eigenvalue weighted by Gasteiger charge is -2.16. The van der Waals surface area contributed by atoms with E-state index in [9.17, 15) is 0 Å². The Morgan fingerprint density at radius 2 is 1.50 bits per heavy atom. The molecule has 0 saturated carbocycles. The van der Waals surface area contributed by atoms with Crippen LogP contribution in [0.4, 0.5) is 0 Å². The molecule has 1 nitrogen and oxygen atoms in total. The molecule has 3 rings (SSSR count). The molecule has 78 valence electrons. The fraction of sp³-hybridized carbons (Fsp3) is 0.333. The maximum Gasteiger partial charge on any atom is 0.0368 e. The van der Waals surface area contributed by atoms with E-state index in [4.69, 9.17) is 12.8 Å². The summed E-state index contributed by atoms with van der Waals surface area (Å²) in [6, 6.07) is 4.95. The quantitative estimate of drug-likeness (QED) is 0.591. The molecule has 0 aliphatic carbocycles. The first-order chi connectivity index (χ1) is 7.77. The van der Waals surface area contributed by atoms with Gasteiger partial charge in [0.05, 0.1) is 0 Å². The van der Waals surface area contributed by atoms with Gasteiger partial charge in [-0.2, -0.15) is 0 Å². The Morgan fingerprint density at radius 1 is 1.06 bits per heavy atom. The Labute approximate surface area is 96.5 Å². The Bertz CT molecular complexity index is 493. The van der Waals surface area contributed by atoms with Crippen molar-refractivity contribution in [1.82, 2.24) is 4.90 Å². The summed E-state index contributed by atoms with van der Waals surface area (Å²) in [6.07, 6.45) is 13.6. The van der Waals surface area contributed by atoms with E-state index >= 15 is 0 Å². The topological polar surface area (TPSA) is 3.24 Å². The molecule has 2 heterocycles. The number of hydrogen-bond donors (Lipinski definition) is 0. The average Bonchev–Trinajstić information content (AvgIpc) is 2.82. The number of fused-ring (bicyclic) bond motifs is 5. The van der Waals surface area contributed by atoms with Gasteiger partial charge in [-0.3, -0.25) is 4.90 Å². The fourth-order valence-electron chi connectivity index (χ4n) is 3.24. The molecule has 1 aromatic carbocycles. The number of terminal acetylenes is 2. The van der Waals surface area contributed by atoms with Crippen LogP contribution in [-0.4, -0.2) is 11.9 Å². The molecule has 2 unspecified atom stereocenters. The lowest BCUT2D eigenvalue weighted by Crippen LogP contribution is -2.12. The van der Waals surface area contributed by atoms with Crippen molar-refractivity contribution in [2.75, 3.05) is 7.05 Å². The molecule has 16 heavy (non-hydrogen) atoms. The van der Waals surface area contributed by atoms with E-state index in [-0.39, 0.29) is 0 Å². The number of benzene rings is 1. The van der Waals surface area contributed by atoms with Gasteiger partial charge >= 0.3 is 0 Å². The van der Waals surface area contributed by atoms with Gasteiger partial charge < -0.3 is 0 Å². The largest absolute Gasteiger partial charge is 0.292 e. The van der Waals surface area contributed by atoms with E-state index in [0.29, 0.717) is 12.1 Å². The lowest BCUT2D eigenvalue weighted by molar-refractivity contribution is 0.280. The first-order valence-electron chi connectivity index (χ1n) is 5.60. The van der Waals surface area contributed by atoms with Crippen LogP contribution in [0.25, 0.3) is 0 Å². The molecular weight excluding hydrogens is 194 g/mol. The zero-order chi connectivity index (χ0) is 11.3. The number of rotatable bonds is 0. The van der Waals surface area contributed by atoms with Gasteiger partial charge in [0.25, 0.3) is 0 Å². The third-order valence-electron chi connectivity index (χ3n) is 3.96. The van der Waals surface area contributed by atoms with E-state index < -0.39 is 0 Å². The Balaban J connectivity index is 2.32. The second-order valence-electron chi connectivity index (χ2n) is 4.55. The van der Waals surface area contributed by atoms with Gasteiger partial charge in [-0.15, -0.1) is 12.8 Å². The second-order valence-corrected chi connectivity index (χ2v) is 4.55. The summed E-state index contributed by atoms with van der Waals surface area (Å²) in [6.45, 7) is 0. The molecular formula is C15H13N. The van der Waals surface area contributed by atoms with Crippen LogP contribution in [0, 0.1) is 24.7 Å². The highest BCUT2D eigenvalue weighted by Crippen LogP contribution is 2.53. The molecule has 0 spiro atoms. The predicted octanol–water partition coefficient (Wildman–Crippen LogP) is 2.47. The van der Waals surface area contributed by atoms with Crippen molar-refractivity contribution in [3.63, 3.8) is 0 Å². The van der Waals surface area contributed by atoms with Crippen LogP contribution < -0.4 is 0 Å². The van der Waals surface area contributed by atoms with Crippen molar-refractivity contribution in [3.05, 3.63) is 34.4 Å². The molecule has 1 aromatic rings. The first-order valence-corrected chi connectivity index (χ1v) is 5.60. The van der Waals surface area contributed by atoms with Crippen LogP contribution in [0.15, 0.2) is 12.1 Å². The van der Waals surface area contributed by atoms with Gasteiger partial charge in [0, 0.05) is 23.2 Å². The molecule has 0 N–H and O–H groups in total. The lowest BCUT2D eigenvalue weighted by atomic mass is 9.85. The molecule has 2 aliphatic rings. The van der Waals surface area contributed by atoms with Crippen molar-refractivity contribution in [1.29, 1.82) is 0 Å². The van der Waals surface area contributed by atoms with Crippen LogP contribution in [0.3, 0.4) is 0 Å². The fourth-order valence-corrected chi connectivity index (χ4v) is 3.24. The van der Waals surface area contributed by atoms with Crippen molar-refractivity contribution >= 4 is 0 Å². The average molecular weight is 207 g/mol. The Kier molecular flexibility index (Phi) is 1.87. The summed E-state index contributed by atoms with van der Waals surface area (Å²) < 4.78 is 0. The van der Waals surface area contributed by atoms with Crippen LogP contribution in [0.1, 0.15) is 47.2 Å². The molecule has 2 atom stereocenters. The summed E-state index contributed by atoms with van der Waals surface area (Å²) in [5.74, 6) is 5.58. The van der Waals surface area contributed by atoms with Crippen molar-refractivity contribution in [2.24, 2.45) is 0 Å². The highest BCUT2D eigenvalue weighted by atomic mass is 15.2. The van der Waals surface area contributed by atoms with Gasteiger partial charge in [-0.05, 0) is 43.1 Å². The zero-order valence-corrected chi connectivity index (χ0v) is 9.33. The van der Waals surface area contributed by atoms with Crippen LogP contribution in [0.2, 0.25) is 0 Å². The highest BCUT2D eigenvalue weighted by Gasteiger charge is 2.43. The molecule has 2 bridgehead atoms. The van der Waals surface area contributed by atoms with Crippen LogP contribution >= 0.6 is 0 Å². The number of nitrogens with zero attached hydrogens (tertiary/aromatic N) is 1. The van der Waals surface area contributed by atoms with E-state index in [2.05, 4.69) is 23.8 Å². The van der Waals surface area contributed by atoms with Crippen LogP contribution in [0.5, 0.6) is 0 Å². The van der Waals surface area contributed by atoms with Crippen molar-refractivity contribution in [3.8, 4) is 24.7 Å². The summed E-state index contributed by atoms with van der Waals surface area (Å²) in [7, 11) is 2.17. The number of hydrogen-bond acceptors (Lipinski definition) is 1. The zero-order valence-electron chi connectivity index (χ0n) is 9.33. The molecule has 0 radical (unpaired) electrons. The van der Waals surface area contributed by atoms with E-state index in [0.717, 1.165) is 11.1 Å². The van der Waals surface area contributed by atoms with Crippen molar-refractivity contribution < 1.29 is 0 Å². The highest BCUT2D eigenvalue weighted by molar-refractivity contribution is 5.58. The molecule has 1 saturated heterocycles. The minimum absolute atomic E-state index is 0.486. The maximum atomic E-state index is 5.57. The summed E-state index contributed by atoms with van der Waals surface area (Å²) in [4.78, 5) is 2.41. The smallest absolute Gasteiger partial charge is 0.0368 e. The van der Waals surface area contributed by atoms with Gasteiger partial charge in [-0.25, -0.2) is 0 Å². The van der Waals surface area contributed by atoms with Gasteiger partial charge in [-0.1, -0.05) is 11.8 Å². The minimum Gasteiger partial charge on any atom is -0.292 e. The Hall–Kier alpha value is -1.70. The summed E-state index contributed by atoms with van der Waals surface area (Å²) in [5.41, 5.74) is 4.68. The molecule has 2 aliphatic heterocycles. The van der Waals surface area contributed by atoms with Gasteiger partial charge in [0.1, 0.15) is 0 Å². The van der Waals surface area contributed by atoms with E-state index in [1.165, 1.54) is 24.0 Å². The SMILES string of the molecule is C#Cc1ccc(C#C)c2c1C1CCC2N1C. The van der Waals surface area contributed by atoms with Gasteiger partial charge in [0.15, 0.2) is 0 Å². The normalized spacial score (nSPS) is 26.2.